The average Bonchev–Trinajstić information content (AvgIpc) is 2.85. The first kappa shape index (κ1) is 15.3. The molecule has 0 atom stereocenters. The van der Waals surface area contributed by atoms with Crippen molar-refractivity contribution in [2.24, 2.45) is 0 Å². The minimum Gasteiger partial charge on any atom is -0.476 e. The number of amides is 2. The number of carbonyl (C=O) groups is 2. The van der Waals surface area contributed by atoms with Crippen LogP contribution in [-0.2, 0) is 6.42 Å². The summed E-state index contributed by atoms with van der Waals surface area (Å²) in [5.41, 5.74) is -0.0423. The van der Waals surface area contributed by atoms with Crippen molar-refractivity contribution >= 4 is 40.6 Å². The summed E-state index contributed by atoms with van der Waals surface area (Å²) in [6.07, 6.45) is 2.01. The second-order valence-electron chi connectivity index (χ2n) is 4.04. The molecule has 0 saturated heterocycles. The number of nitrogens with zero attached hydrogens (tertiary/aromatic N) is 1. The molecule has 8 heteroatoms. The highest BCUT2D eigenvalue weighted by Crippen LogP contribution is 2.21. The summed E-state index contributed by atoms with van der Waals surface area (Å²) in [4.78, 5) is 27.4. The molecule has 0 unspecified atom stereocenters. The van der Waals surface area contributed by atoms with E-state index in [2.05, 4.69) is 15.6 Å². The fraction of sp³-hybridized carbons (Fsp3) is 0.154. The Kier molecular flexibility index (Phi) is 5.13. The second kappa shape index (κ2) is 7.05. The maximum Gasteiger partial charge on any atom is 0.356 e. The van der Waals surface area contributed by atoms with Crippen molar-refractivity contribution in [3.63, 3.8) is 0 Å². The molecule has 110 valence electrons. The molecule has 0 fully saturated rings. The van der Waals surface area contributed by atoms with Crippen LogP contribution in [0, 0.1) is 0 Å². The first-order valence-electron chi connectivity index (χ1n) is 6.03. The topological polar surface area (TPSA) is 91.3 Å². The fourth-order valence-electron chi connectivity index (χ4n) is 1.63. The van der Waals surface area contributed by atoms with Crippen LogP contribution in [0.1, 0.15) is 15.4 Å². The lowest BCUT2D eigenvalue weighted by molar-refractivity contribution is 0.0692. The van der Waals surface area contributed by atoms with Crippen molar-refractivity contribution in [2.45, 2.75) is 6.42 Å². The molecule has 6 nitrogen and oxygen atoms in total. The van der Waals surface area contributed by atoms with Gasteiger partial charge in [0.25, 0.3) is 0 Å². The average molecular weight is 326 g/mol. The van der Waals surface area contributed by atoms with Gasteiger partial charge in [-0.1, -0.05) is 11.6 Å². The largest absolute Gasteiger partial charge is 0.476 e. The number of aromatic carboxylic acids is 1. The van der Waals surface area contributed by atoms with Crippen LogP contribution in [0.25, 0.3) is 0 Å². The molecule has 0 aliphatic rings. The highest BCUT2D eigenvalue weighted by Gasteiger charge is 2.12. The van der Waals surface area contributed by atoms with Gasteiger partial charge in [-0.15, -0.1) is 11.3 Å². The van der Waals surface area contributed by atoms with E-state index in [9.17, 15) is 9.59 Å². The fourth-order valence-corrected chi connectivity index (χ4v) is 2.72. The molecule has 2 aromatic rings. The Bertz CT molecular complexity index is 660. The van der Waals surface area contributed by atoms with E-state index in [1.165, 1.54) is 23.6 Å². The maximum atomic E-state index is 11.7. The standard InChI is InChI=1S/C13H12ClN3O3S/c14-10-4-3-8(21-10)5-7-16-13(20)17-9-2-1-6-15-11(9)12(18)19/h1-4,6H,5,7H2,(H,18,19)(H2,16,17,20). The van der Waals surface area contributed by atoms with Gasteiger partial charge in [0.15, 0.2) is 5.69 Å². The molecule has 0 aliphatic heterocycles. The molecule has 2 rings (SSSR count). The van der Waals surface area contributed by atoms with Crippen LogP contribution in [-0.4, -0.2) is 28.6 Å². The van der Waals surface area contributed by atoms with Crippen molar-refractivity contribution in [3.8, 4) is 0 Å². The van der Waals surface area contributed by atoms with Gasteiger partial charge in [0.2, 0.25) is 0 Å². The zero-order chi connectivity index (χ0) is 15.2. The number of carboxylic acid groups (broad SMARTS) is 1. The Morgan fingerprint density at radius 2 is 2.14 bits per heavy atom. The summed E-state index contributed by atoms with van der Waals surface area (Å²) in [6, 6.07) is 6.25. The SMILES string of the molecule is O=C(NCCc1ccc(Cl)s1)Nc1cccnc1C(=O)O. The van der Waals surface area contributed by atoms with E-state index in [0.29, 0.717) is 17.3 Å². The molecule has 0 aliphatic carbocycles. The van der Waals surface area contributed by atoms with Crippen molar-refractivity contribution in [2.75, 3.05) is 11.9 Å². The number of hydrogen-bond acceptors (Lipinski definition) is 4. The summed E-state index contributed by atoms with van der Waals surface area (Å²) in [5, 5.41) is 14.1. The van der Waals surface area contributed by atoms with E-state index in [4.69, 9.17) is 16.7 Å². The Morgan fingerprint density at radius 3 is 2.81 bits per heavy atom. The summed E-state index contributed by atoms with van der Waals surface area (Å²) < 4.78 is 0.705. The zero-order valence-electron chi connectivity index (χ0n) is 10.8. The molecule has 21 heavy (non-hydrogen) atoms. The van der Waals surface area contributed by atoms with Gasteiger partial charge in [0, 0.05) is 17.6 Å². The molecular weight excluding hydrogens is 314 g/mol. The van der Waals surface area contributed by atoms with Gasteiger partial charge < -0.3 is 15.7 Å². The van der Waals surface area contributed by atoms with Crippen LogP contribution >= 0.6 is 22.9 Å². The predicted molar refractivity (Wildman–Crippen MR) is 81.3 cm³/mol. The first-order valence-corrected chi connectivity index (χ1v) is 7.23. The quantitative estimate of drug-likeness (QED) is 0.788. The van der Waals surface area contributed by atoms with Gasteiger partial charge >= 0.3 is 12.0 Å². The molecule has 0 aromatic carbocycles. The highest BCUT2D eigenvalue weighted by molar-refractivity contribution is 7.16. The Labute approximate surface area is 129 Å². The Hall–Kier alpha value is -2.12. The third-order valence-electron chi connectivity index (χ3n) is 2.54. The molecule has 0 spiro atoms. The van der Waals surface area contributed by atoms with Crippen molar-refractivity contribution in [3.05, 3.63) is 45.4 Å². The number of nitrogens with one attached hydrogen (secondary N) is 2. The normalized spacial score (nSPS) is 10.1. The third-order valence-corrected chi connectivity index (χ3v) is 3.84. The van der Waals surface area contributed by atoms with Crippen LogP contribution < -0.4 is 10.6 Å². The Morgan fingerprint density at radius 1 is 1.33 bits per heavy atom. The van der Waals surface area contributed by atoms with Gasteiger partial charge in [-0.25, -0.2) is 14.6 Å². The number of urea groups is 1. The number of halogens is 1. The number of anilines is 1. The van der Waals surface area contributed by atoms with Crippen molar-refractivity contribution in [1.82, 2.24) is 10.3 Å². The van der Waals surface area contributed by atoms with E-state index < -0.39 is 12.0 Å². The van der Waals surface area contributed by atoms with E-state index >= 15 is 0 Å². The summed E-state index contributed by atoms with van der Waals surface area (Å²) in [7, 11) is 0. The molecule has 2 amide bonds. The number of carbonyl (C=O) groups excluding carboxylic acids is 1. The lowest BCUT2D eigenvalue weighted by Crippen LogP contribution is -2.31. The third kappa shape index (κ3) is 4.44. The molecule has 2 aromatic heterocycles. The first-order chi connectivity index (χ1) is 10.1. The number of thiophene rings is 1. The van der Waals surface area contributed by atoms with Crippen LogP contribution in [0.4, 0.5) is 10.5 Å². The van der Waals surface area contributed by atoms with E-state index in [-0.39, 0.29) is 11.4 Å². The lowest BCUT2D eigenvalue weighted by atomic mass is 10.3. The molecular formula is C13H12ClN3O3S. The molecule has 0 radical (unpaired) electrons. The molecule has 2 heterocycles. The van der Waals surface area contributed by atoms with Gasteiger partial charge in [-0.3, -0.25) is 0 Å². The van der Waals surface area contributed by atoms with Crippen LogP contribution in [0.3, 0.4) is 0 Å². The summed E-state index contributed by atoms with van der Waals surface area (Å²) >= 11 is 7.27. The summed E-state index contributed by atoms with van der Waals surface area (Å²) in [6.45, 7) is 0.422. The lowest BCUT2D eigenvalue weighted by Gasteiger charge is -2.08. The van der Waals surface area contributed by atoms with Crippen LogP contribution in [0.15, 0.2) is 30.5 Å². The Balaban J connectivity index is 1.86. The molecule has 0 saturated carbocycles. The maximum absolute atomic E-state index is 11.7. The number of hydrogen-bond donors (Lipinski definition) is 3. The smallest absolute Gasteiger partial charge is 0.356 e. The molecule has 0 bridgehead atoms. The number of aromatic nitrogens is 1. The zero-order valence-corrected chi connectivity index (χ0v) is 12.4. The van der Waals surface area contributed by atoms with E-state index in [1.807, 2.05) is 6.07 Å². The van der Waals surface area contributed by atoms with Crippen LogP contribution in [0.2, 0.25) is 4.34 Å². The van der Waals surface area contributed by atoms with Gasteiger partial charge in [-0.2, -0.15) is 0 Å². The van der Waals surface area contributed by atoms with Crippen LogP contribution in [0.5, 0.6) is 0 Å². The second-order valence-corrected chi connectivity index (χ2v) is 5.84. The van der Waals surface area contributed by atoms with Gasteiger partial charge in [0.1, 0.15) is 0 Å². The number of pyridine rings is 1. The summed E-state index contributed by atoms with van der Waals surface area (Å²) in [5.74, 6) is -1.20. The van der Waals surface area contributed by atoms with E-state index in [0.717, 1.165) is 4.88 Å². The minimum absolute atomic E-state index is 0.154. The van der Waals surface area contributed by atoms with Crippen molar-refractivity contribution in [1.29, 1.82) is 0 Å². The number of carboxylic acids is 1. The monoisotopic (exact) mass is 325 g/mol. The van der Waals surface area contributed by atoms with E-state index in [1.54, 1.807) is 12.1 Å². The van der Waals surface area contributed by atoms with Gasteiger partial charge in [-0.05, 0) is 30.7 Å². The number of rotatable bonds is 5. The molecule has 3 N–H and O–H groups in total. The highest BCUT2D eigenvalue weighted by atomic mass is 35.5. The predicted octanol–water partition coefficient (Wildman–Crippen LogP) is 2.86. The minimum atomic E-state index is -1.20. The van der Waals surface area contributed by atoms with Crippen molar-refractivity contribution < 1.29 is 14.7 Å². The van der Waals surface area contributed by atoms with Gasteiger partial charge in [0.05, 0.1) is 10.0 Å².